The van der Waals surface area contributed by atoms with E-state index in [4.69, 9.17) is 16.3 Å². The molecule has 0 aliphatic carbocycles. The lowest BCUT2D eigenvalue weighted by Crippen LogP contribution is -2.23. The minimum absolute atomic E-state index is 0.184. The van der Waals surface area contributed by atoms with Gasteiger partial charge in [0, 0.05) is 12.4 Å². The molecule has 0 N–H and O–H groups in total. The summed E-state index contributed by atoms with van der Waals surface area (Å²) in [4.78, 5) is 28.3. The second-order valence-corrected chi connectivity index (χ2v) is 5.77. The van der Waals surface area contributed by atoms with E-state index >= 15 is 0 Å². The number of amides is 1. The van der Waals surface area contributed by atoms with E-state index in [1.54, 1.807) is 42.0 Å². The van der Waals surface area contributed by atoms with Crippen molar-refractivity contribution in [3.8, 4) is 0 Å². The summed E-state index contributed by atoms with van der Waals surface area (Å²) in [7, 11) is 1.68. The van der Waals surface area contributed by atoms with Crippen LogP contribution in [0.2, 0.25) is 5.02 Å². The molecule has 114 valence electrons. The van der Waals surface area contributed by atoms with E-state index in [9.17, 15) is 9.59 Å². The lowest BCUT2D eigenvalue weighted by atomic mass is 10.3. The van der Waals surface area contributed by atoms with Crippen LogP contribution >= 0.6 is 22.9 Å². The van der Waals surface area contributed by atoms with Crippen LogP contribution in [0.1, 0.15) is 6.92 Å². The van der Waals surface area contributed by atoms with Crippen molar-refractivity contribution in [1.29, 1.82) is 0 Å². The van der Waals surface area contributed by atoms with Crippen LogP contribution in [0.3, 0.4) is 0 Å². The number of aryl methyl sites for hydroxylation is 1. The minimum Gasteiger partial charge on any atom is -0.448 e. The molecule has 3 rings (SSSR count). The monoisotopic (exact) mass is 337 g/mol. The average molecular weight is 338 g/mol. The molecule has 2 heterocycles. The molecule has 0 bridgehead atoms. The zero-order valence-corrected chi connectivity index (χ0v) is 13.4. The van der Waals surface area contributed by atoms with Crippen molar-refractivity contribution in [2.45, 2.75) is 6.92 Å². The molecular formula is C14H12ClN3O3S. The third kappa shape index (κ3) is 2.22. The molecular weight excluding hydrogens is 326 g/mol. The molecule has 0 saturated heterocycles. The van der Waals surface area contributed by atoms with E-state index in [1.807, 2.05) is 0 Å². The largest absolute Gasteiger partial charge is 0.448 e. The van der Waals surface area contributed by atoms with Gasteiger partial charge >= 0.3 is 6.09 Å². The Morgan fingerprint density at radius 1 is 1.41 bits per heavy atom. The number of nitrogens with zero attached hydrogens (tertiary/aromatic N) is 3. The second-order valence-electron chi connectivity index (χ2n) is 4.52. The van der Waals surface area contributed by atoms with Crippen molar-refractivity contribution < 1.29 is 9.53 Å². The molecule has 0 unspecified atom stereocenters. The van der Waals surface area contributed by atoms with E-state index < -0.39 is 6.09 Å². The van der Waals surface area contributed by atoms with E-state index in [0.29, 0.717) is 26.4 Å². The summed E-state index contributed by atoms with van der Waals surface area (Å²) in [5.41, 5.74) is 1.52. The van der Waals surface area contributed by atoms with Crippen molar-refractivity contribution >= 4 is 45.6 Å². The number of hydrogen-bond donors (Lipinski definition) is 0. The van der Waals surface area contributed by atoms with Gasteiger partial charge in [-0.1, -0.05) is 17.7 Å². The predicted octanol–water partition coefficient (Wildman–Crippen LogP) is 2.56. The standard InChI is InChI=1S/C14H12ClN3O3S/c1-3-21-14(20)16-13-18-10(7-22-13)12(19)17(2)9-6-4-5-8(15)11(9)18/h4-7H,3H2,1-2H3. The lowest BCUT2D eigenvalue weighted by molar-refractivity contribution is 0.162. The first kappa shape index (κ1) is 14.8. The number of benzene rings is 1. The molecule has 1 amide bonds. The van der Waals surface area contributed by atoms with Crippen LogP contribution in [-0.2, 0) is 11.8 Å². The molecule has 0 spiro atoms. The van der Waals surface area contributed by atoms with Gasteiger partial charge in [-0.05, 0) is 19.1 Å². The molecule has 0 aliphatic heterocycles. The van der Waals surface area contributed by atoms with Crippen LogP contribution in [0.4, 0.5) is 4.79 Å². The first-order valence-electron chi connectivity index (χ1n) is 6.53. The van der Waals surface area contributed by atoms with E-state index in [-0.39, 0.29) is 12.2 Å². The highest BCUT2D eigenvalue weighted by Gasteiger charge is 2.13. The third-order valence-electron chi connectivity index (χ3n) is 3.24. The highest BCUT2D eigenvalue weighted by atomic mass is 35.5. The van der Waals surface area contributed by atoms with Crippen molar-refractivity contribution in [3.63, 3.8) is 0 Å². The van der Waals surface area contributed by atoms with Gasteiger partial charge in [-0.25, -0.2) is 4.79 Å². The molecule has 0 fully saturated rings. The number of carbonyl (C=O) groups is 1. The van der Waals surface area contributed by atoms with Gasteiger partial charge in [-0.15, -0.1) is 16.3 Å². The van der Waals surface area contributed by atoms with Crippen molar-refractivity contribution in [3.05, 3.63) is 43.8 Å². The fourth-order valence-electron chi connectivity index (χ4n) is 2.27. The maximum absolute atomic E-state index is 12.4. The fourth-order valence-corrected chi connectivity index (χ4v) is 3.37. The van der Waals surface area contributed by atoms with Gasteiger partial charge in [0.25, 0.3) is 5.56 Å². The van der Waals surface area contributed by atoms with Crippen LogP contribution in [-0.4, -0.2) is 21.7 Å². The SMILES string of the molecule is CCOC(=O)N=c1scc2c(=O)n(C)c3cccc(Cl)c3n12. The quantitative estimate of drug-likeness (QED) is 0.685. The molecule has 0 atom stereocenters. The Morgan fingerprint density at radius 2 is 2.18 bits per heavy atom. The lowest BCUT2D eigenvalue weighted by Gasteiger charge is -2.09. The first-order valence-corrected chi connectivity index (χ1v) is 7.79. The molecule has 0 radical (unpaired) electrons. The molecule has 0 aliphatic rings. The van der Waals surface area contributed by atoms with E-state index in [1.165, 1.54) is 15.9 Å². The summed E-state index contributed by atoms with van der Waals surface area (Å²) >= 11 is 7.48. The third-order valence-corrected chi connectivity index (χ3v) is 4.37. The Labute approximate surface area is 133 Å². The highest BCUT2D eigenvalue weighted by Crippen LogP contribution is 2.22. The molecule has 3 aromatic rings. The minimum atomic E-state index is -0.695. The van der Waals surface area contributed by atoms with Crippen molar-refractivity contribution in [1.82, 2.24) is 8.97 Å². The summed E-state index contributed by atoms with van der Waals surface area (Å²) < 4.78 is 7.96. The molecule has 1 aromatic carbocycles. The zero-order valence-electron chi connectivity index (χ0n) is 11.9. The molecule has 22 heavy (non-hydrogen) atoms. The normalized spacial score (nSPS) is 12.2. The van der Waals surface area contributed by atoms with E-state index in [2.05, 4.69) is 4.99 Å². The number of hydrogen-bond acceptors (Lipinski definition) is 4. The van der Waals surface area contributed by atoms with Gasteiger partial charge in [0.15, 0.2) is 0 Å². The average Bonchev–Trinajstić information content (AvgIpc) is 2.88. The Hall–Kier alpha value is -2.12. The maximum Gasteiger partial charge on any atom is 0.436 e. The van der Waals surface area contributed by atoms with Crippen molar-refractivity contribution in [2.24, 2.45) is 12.0 Å². The summed E-state index contributed by atoms with van der Waals surface area (Å²) in [6.45, 7) is 1.94. The molecule has 6 nitrogen and oxygen atoms in total. The molecule has 8 heteroatoms. The molecule has 2 aromatic heterocycles. The summed E-state index contributed by atoms with van der Waals surface area (Å²) in [5, 5.41) is 2.13. The second kappa shape index (κ2) is 5.58. The Morgan fingerprint density at radius 3 is 2.91 bits per heavy atom. The number of rotatable bonds is 1. The van der Waals surface area contributed by atoms with Gasteiger partial charge in [-0.2, -0.15) is 0 Å². The Kier molecular flexibility index (Phi) is 3.76. The Balaban J connectivity index is 2.52. The van der Waals surface area contributed by atoms with Crippen LogP contribution in [0.5, 0.6) is 0 Å². The van der Waals surface area contributed by atoms with Crippen molar-refractivity contribution in [2.75, 3.05) is 6.61 Å². The maximum atomic E-state index is 12.4. The number of fused-ring (bicyclic) bond motifs is 3. The first-order chi connectivity index (χ1) is 10.5. The number of halogens is 1. The smallest absolute Gasteiger partial charge is 0.436 e. The predicted molar refractivity (Wildman–Crippen MR) is 85.6 cm³/mol. The Bertz CT molecular complexity index is 1020. The zero-order chi connectivity index (χ0) is 15.9. The van der Waals surface area contributed by atoms with E-state index in [0.717, 1.165) is 0 Å². The highest BCUT2D eigenvalue weighted by molar-refractivity contribution is 7.07. The number of aromatic nitrogens is 2. The van der Waals surface area contributed by atoms with Gasteiger partial charge < -0.3 is 9.30 Å². The number of para-hydroxylation sites is 1. The fraction of sp³-hybridized carbons (Fsp3) is 0.214. The number of carbonyl (C=O) groups excluding carboxylic acids is 1. The van der Waals surface area contributed by atoms with Crippen LogP contribution < -0.4 is 10.4 Å². The van der Waals surface area contributed by atoms with Gasteiger partial charge in [0.2, 0.25) is 4.80 Å². The van der Waals surface area contributed by atoms with Crippen LogP contribution in [0.15, 0.2) is 33.4 Å². The molecule has 0 saturated carbocycles. The van der Waals surface area contributed by atoms with Gasteiger partial charge in [0.1, 0.15) is 5.52 Å². The number of thiazole rings is 1. The van der Waals surface area contributed by atoms with Crippen LogP contribution in [0, 0.1) is 0 Å². The van der Waals surface area contributed by atoms with Gasteiger partial charge in [-0.3, -0.25) is 9.20 Å². The topological polar surface area (TPSA) is 65.1 Å². The number of ether oxygens (including phenoxy) is 1. The van der Waals surface area contributed by atoms with Crippen LogP contribution in [0.25, 0.3) is 16.6 Å². The summed E-state index contributed by atoms with van der Waals surface area (Å²) in [6.07, 6.45) is -0.695. The van der Waals surface area contributed by atoms with Gasteiger partial charge in [0.05, 0.1) is 22.7 Å². The summed E-state index contributed by atoms with van der Waals surface area (Å²) in [5.74, 6) is 0. The summed E-state index contributed by atoms with van der Waals surface area (Å²) in [6, 6.07) is 5.29.